The number of nitriles is 1. The van der Waals surface area contributed by atoms with E-state index in [9.17, 15) is 0 Å². The number of hydrogen-bond acceptors (Lipinski definition) is 4. The lowest BCUT2D eigenvalue weighted by Gasteiger charge is -2.09. The zero-order valence-electron chi connectivity index (χ0n) is 9.12. The van der Waals surface area contributed by atoms with Crippen molar-refractivity contribution in [3.05, 3.63) is 30.2 Å². The SMILES string of the molecule is CC(C)n1nnc(C#N)c1-c1ccncc1. The van der Waals surface area contributed by atoms with E-state index in [2.05, 4.69) is 21.4 Å². The van der Waals surface area contributed by atoms with Crippen molar-refractivity contribution < 1.29 is 0 Å². The van der Waals surface area contributed by atoms with E-state index in [1.54, 1.807) is 17.1 Å². The smallest absolute Gasteiger partial charge is 0.190 e. The third-order valence-corrected chi connectivity index (χ3v) is 2.24. The molecule has 0 saturated heterocycles. The lowest BCUT2D eigenvalue weighted by atomic mass is 10.1. The molecular weight excluding hydrogens is 202 g/mol. The van der Waals surface area contributed by atoms with Crippen LogP contribution in [0.4, 0.5) is 0 Å². The van der Waals surface area contributed by atoms with E-state index >= 15 is 0 Å². The van der Waals surface area contributed by atoms with Crippen molar-refractivity contribution in [2.75, 3.05) is 0 Å². The number of rotatable bonds is 2. The fourth-order valence-electron chi connectivity index (χ4n) is 1.51. The molecule has 0 radical (unpaired) electrons. The Morgan fingerprint density at radius 3 is 2.56 bits per heavy atom. The van der Waals surface area contributed by atoms with Crippen molar-refractivity contribution in [3.63, 3.8) is 0 Å². The van der Waals surface area contributed by atoms with Crippen molar-refractivity contribution in [2.24, 2.45) is 0 Å². The van der Waals surface area contributed by atoms with Gasteiger partial charge in [-0.05, 0) is 26.0 Å². The third kappa shape index (κ3) is 1.65. The number of pyridine rings is 1. The van der Waals surface area contributed by atoms with Crippen molar-refractivity contribution in [1.29, 1.82) is 5.26 Å². The molecular formula is C11H11N5. The van der Waals surface area contributed by atoms with Crippen LogP contribution in [0.5, 0.6) is 0 Å². The van der Waals surface area contributed by atoms with Gasteiger partial charge in [-0.25, -0.2) is 4.68 Å². The Morgan fingerprint density at radius 1 is 1.31 bits per heavy atom. The van der Waals surface area contributed by atoms with Gasteiger partial charge in [0.05, 0.1) is 0 Å². The molecule has 5 nitrogen and oxygen atoms in total. The molecule has 5 heteroatoms. The zero-order chi connectivity index (χ0) is 11.5. The van der Waals surface area contributed by atoms with E-state index < -0.39 is 0 Å². The fraction of sp³-hybridized carbons (Fsp3) is 0.273. The van der Waals surface area contributed by atoms with Gasteiger partial charge in [0, 0.05) is 24.0 Å². The molecule has 0 saturated carbocycles. The Labute approximate surface area is 93.4 Å². The maximum absolute atomic E-state index is 8.99. The first-order chi connectivity index (χ1) is 7.74. The number of hydrogen-bond donors (Lipinski definition) is 0. The Balaban J connectivity index is 2.63. The average molecular weight is 213 g/mol. The Hall–Kier alpha value is -2.22. The molecule has 0 amide bonds. The van der Waals surface area contributed by atoms with Crippen LogP contribution in [-0.2, 0) is 0 Å². The monoisotopic (exact) mass is 213 g/mol. The van der Waals surface area contributed by atoms with Gasteiger partial charge in [-0.2, -0.15) is 5.26 Å². The first kappa shape index (κ1) is 10.3. The summed E-state index contributed by atoms with van der Waals surface area (Å²) in [5.74, 6) is 0. The van der Waals surface area contributed by atoms with Gasteiger partial charge in [-0.3, -0.25) is 4.98 Å². The quantitative estimate of drug-likeness (QED) is 0.762. The van der Waals surface area contributed by atoms with E-state index in [1.165, 1.54) is 0 Å². The number of aromatic nitrogens is 4. The highest BCUT2D eigenvalue weighted by molar-refractivity contribution is 5.64. The van der Waals surface area contributed by atoms with Crippen LogP contribution in [0.3, 0.4) is 0 Å². The van der Waals surface area contributed by atoms with Crippen LogP contribution in [0.15, 0.2) is 24.5 Å². The maximum atomic E-state index is 8.99. The van der Waals surface area contributed by atoms with E-state index in [4.69, 9.17) is 5.26 Å². The van der Waals surface area contributed by atoms with Gasteiger partial charge in [0.2, 0.25) is 0 Å². The predicted molar refractivity (Wildman–Crippen MR) is 58.4 cm³/mol. The van der Waals surface area contributed by atoms with Crippen LogP contribution in [0.25, 0.3) is 11.3 Å². The van der Waals surface area contributed by atoms with E-state index in [-0.39, 0.29) is 6.04 Å². The van der Waals surface area contributed by atoms with Crippen molar-refractivity contribution in [3.8, 4) is 17.3 Å². The summed E-state index contributed by atoms with van der Waals surface area (Å²) in [7, 11) is 0. The molecule has 0 fully saturated rings. The third-order valence-electron chi connectivity index (χ3n) is 2.24. The zero-order valence-corrected chi connectivity index (χ0v) is 9.12. The summed E-state index contributed by atoms with van der Waals surface area (Å²) in [4.78, 5) is 3.95. The molecule has 2 rings (SSSR count). The van der Waals surface area contributed by atoms with E-state index in [0.29, 0.717) is 5.69 Å². The topological polar surface area (TPSA) is 67.4 Å². The second-order valence-electron chi connectivity index (χ2n) is 3.67. The Kier molecular flexibility index (Phi) is 2.64. The lowest BCUT2D eigenvalue weighted by molar-refractivity contribution is 0.519. The first-order valence-electron chi connectivity index (χ1n) is 4.99. The summed E-state index contributed by atoms with van der Waals surface area (Å²) in [5.41, 5.74) is 2.00. The molecule has 0 aliphatic heterocycles. The van der Waals surface area contributed by atoms with Gasteiger partial charge >= 0.3 is 0 Å². The standard InChI is InChI=1S/C11H11N5/c1-8(2)16-11(10(7-12)14-15-16)9-3-5-13-6-4-9/h3-6,8H,1-2H3. The molecule has 0 N–H and O–H groups in total. The average Bonchev–Trinajstić information content (AvgIpc) is 2.73. The van der Waals surface area contributed by atoms with Gasteiger partial charge in [-0.15, -0.1) is 5.10 Å². The van der Waals surface area contributed by atoms with Crippen LogP contribution in [0.1, 0.15) is 25.6 Å². The van der Waals surface area contributed by atoms with Crippen LogP contribution < -0.4 is 0 Å². The predicted octanol–water partition coefficient (Wildman–Crippen LogP) is 1.79. The van der Waals surface area contributed by atoms with Crippen LogP contribution in [-0.4, -0.2) is 20.0 Å². The molecule has 0 unspecified atom stereocenters. The molecule has 0 aliphatic rings. The minimum atomic E-state index is 0.165. The molecule has 2 aromatic rings. The summed E-state index contributed by atoms with van der Waals surface area (Å²) in [6, 6.07) is 5.91. The molecule has 0 aliphatic carbocycles. The van der Waals surface area contributed by atoms with Gasteiger partial charge in [0.1, 0.15) is 11.8 Å². The molecule has 80 valence electrons. The summed E-state index contributed by atoms with van der Waals surface area (Å²) in [6.45, 7) is 4.00. The highest BCUT2D eigenvalue weighted by Crippen LogP contribution is 2.23. The largest absolute Gasteiger partial charge is 0.265 e. The first-order valence-corrected chi connectivity index (χ1v) is 4.99. The molecule has 0 spiro atoms. The Bertz CT molecular complexity index is 521. The van der Waals surface area contributed by atoms with Gasteiger partial charge in [0.15, 0.2) is 5.69 Å². The minimum absolute atomic E-state index is 0.165. The lowest BCUT2D eigenvalue weighted by Crippen LogP contribution is -2.05. The minimum Gasteiger partial charge on any atom is -0.265 e. The summed E-state index contributed by atoms with van der Waals surface area (Å²) < 4.78 is 1.74. The highest BCUT2D eigenvalue weighted by atomic mass is 15.4. The van der Waals surface area contributed by atoms with Gasteiger partial charge in [-0.1, -0.05) is 5.21 Å². The molecule has 16 heavy (non-hydrogen) atoms. The van der Waals surface area contributed by atoms with Gasteiger partial charge in [0.25, 0.3) is 0 Å². The molecule has 0 bridgehead atoms. The van der Waals surface area contributed by atoms with E-state index in [1.807, 2.05) is 26.0 Å². The summed E-state index contributed by atoms with van der Waals surface area (Å²) in [6.07, 6.45) is 3.38. The van der Waals surface area contributed by atoms with Crippen LogP contribution in [0.2, 0.25) is 0 Å². The maximum Gasteiger partial charge on any atom is 0.190 e. The van der Waals surface area contributed by atoms with Crippen molar-refractivity contribution in [1.82, 2.24) is 20.0 Å². The summed E-state index contributed by atoms with van der Waals surface area (Å²) in [5, 5.41) is 16.8. The number of nitrogens with zero attached hydrogens (tertiary/aromatic N) is 5. The fourth-order valence-corrected chi connectivity index (χ4v) is 1.51. The summed E-state index contributed by atoms with van der Waals surface area (Å²) >= 11 is 0. The highest BCUT2D eigenvalue weighted by Gasteiger charge is 2.16. The van der Waals surface area contributed by atoms with Crippen LogP contribution >= 0.6 is 0 Å². The molecule has 0 aromatic carbocycles. The second kappa shape index (κ2) is 4.11. The van der Waals surface area contributed by atoms with Crippen molar-refractivity contribution in [2.45, 2.75) is 19.9 Å². The second-order valence-corrected chi connectivity index (χ2v) is 3.67. The molecule has 2 heterocycles. The molecule has 0 atom stereocenters. The normalized spacial score (nSPS) is 10.4. The van der Waals surface area contributed by atoms with Crippen LogP contribution in [0, 0.1) is 11.3 Å². The molecule has 2 aromatic heterocycles. The van der Waals surface area contributed by atoms with Gasteiger partial charge < -0.3 is 0 Å². The van der Waals surface area contributed by atoms with E-state index in [0.717, 1.165) is 11.3 Å². The van der Waals surface area contributed by atoms with Crippen molar-refractivity contribution >= 4 is 0 Å². The Morgan fingerprint density at radius 2 is 2.00 bits per heavy atom.